The maximum atomic E-state index is 13.0. The van der Waals surface area contributed by atoms with Crippen molar-refractivity contribution in [2.45, 2.75) is 38.6 Å². The molecular weight excluding hydrogens is 345 g/mol. The Hall–Kier alpha value is -2.89. The molecule has 1 saturated heterocycles. The van der Waals surface area contributed by atoms with Crippen molar-refractivity contribution in [3.8, 4) is 0 Å². The smallest absolute Gasteiger partial charge is 0.322 e. The first-order chi connectivity index (χ1) is 13.1. The number of carbonyl (C=O) groups excluding carboxylic acids is 2. The SMILES string of the molecule is CCCc1ccc(NC(=O)[C@H]2CCCN2C(=O)Nc2ccc(F)cc2)cc1. The Morgan fingerprint density at radius 3 is 2.33 bits per heavy atom. The van der Waals surface area contributed by atoms with Gasteiger partial charge in [0.25, 0.3) is 0 Å². The Kier molecular flexibility index (Phi) is 6.06. The van der Waals surface area contributed by atoms with Crippen LogP contribution in [-0.2, 0) is 11.2 Å². The molecule has 3 amide bonds. The van der Waals surface area contributed by atoms with Crippen molar-refractivity contribution in [1.29, 1.82) is 0 Å². The molecular formula is C21H24FN3O2. The fourth-order valence-electron chi connectivity index (χ4n) is 3.28. The standard InChI is InChI=1S/C21H24FN3O2/c1-2-4-15-6-10-17(11-7-15)23-20(26)19-5-3-14-25(19)21(27)24-18-12-8-16(22)9-13-18/h6-13,19H,2-5,14H2,1H3,(H,23,26)(H,24,27)/t19-/m1/s1. The predicted molar refractivity (Wildman–Crippen MR) is 104 cm³/mol. The third-order valence-corrected chi connectivity index (χ3v) is 4.67. The largest absolute Gasteiger partial charge is 0.324 e. The van der Waals surface area contributed by atoms with Gasteiger partial charge >= 0.3 is 6.03 Å². The van der Waals surface area contributed by atoms with E-state index in [2.05, 4.69) is 17.6 Å². The highest BCUT2D eigenvalue weighted by molar-refractivity contribution is 5.99. The molecule has 142 valence electrons. The van der Waals surface area contributed by atoms with Gasteiger partial charge in [0.1, 0.15) is 11.9 Å². The molecule has 6 heteroatoms. The van der Waals surface area contributed by atoms with Gasteiger partial charge in [-0.3, -0.25) is 4.79 Å². The van der Waals surface area contributed by atoms with Gasteiger partial charge in [-0.2, -0.15) is 0 Å². The normalized spacial score (nSPS) is 16.2. The molecule has 0 aliphatic carbocycles. The van der Waals surface area contributed by atoms with E-state index in [1.165, 1.54) is 34.7 Å². The maximum Gasteiger partial charge on any atom is 0.322 e. The minimum absolute atomic E-state index is 0.190. The van der Waals surface area contributed by atoms with E-state index < -0.39 is 6.04 Å². The van der Waals surface area contributed by atoms with Crippen LogP contribution in [0.15, 0.2) is 48.5 Å². The molecule has 3 rings (SSSR count). The lowest BCUT2D eigenvalue weighted by molar-refractivity contribution is -0.119. The number of likely N-dealkylation sites (tertiary alicyclic amines) is 1. The van der Waals surface area contributed by atoms with Crippen LogP contribution >= 0.6 is 0 Å². The van der Waals surface area contributed by atoms with Gasteiger partial charge in [-0.1, -0.05) is 25.5 Å². The summed E-state index contributed by atoms with van der Waals surface area (Å²) in [6.07, 6.45) is 3.47. The predicted octanol–water partition coefficient (Wildman–Crippen LogP) is 4.41. The molecule has 2 aromatic carbocycles. The second kappa shape index (κ2) is 8.66. The van der Waals surface area contributed by atoms with Crippen LogP contribution in [-0.4, -0.2) is 29.4 Å². The van der Waals surface area contributed by atoms with Crippen LogP contribution in [0.3, 0.4) is 0 Å². The van der Waals surface area contributed by atoms with E-state index in [4.69, 9.17) is 0 Å². The molecule has 1 heterocycles. The van der Waals surface area contributed by atoms with Crippen LogP contribution in [0, 0.1) is 5.82 Å². The summed E-state index contributed by atoms with van der Waals surface area (Å²) in [7, 11) is 0. The molecule has 0 saturated carbocycles. The fraction of sp³-hybridized carbons (Fsp3) is 0.333. The van der Waals surface area contributed by atoms with E-state index in [-0.39, 0.29) is 17.8 Å². The number of nitrogens with zero attached hydrogens (tertiary/aromatic N) is 1. The van der Waals surface area contributed by atoms with Gasteiger partial charge in [0, 0.05) is 17.9 Å². The van der Waals surface area contributed by atoms with E-state index in [1.54, 1.807) is 0 Å². The summed E-state index contributed by atoms with van der Waals surface area (Å²) in [5.41, 5.74) is 2.46. The number of hydrogen-bond acceptors (Lipinski definition) is 2. The zero-order chi connectivity index (χ0) is 19.2. The van der Waals surface area contributed by atoms with Gasteiger partial charge in [-0.15, -0.1) is 0 Å². The highest BCUT2D eigenvalue weighted by Crippen LogP contribution is 2.21. The van der Waals surface area contributed by atoms with E-state index >= 15 is 0 Å². The minimum atomic E-state index is -0.513. The monoisotopic (exact) mass is 369 g/mol. The number of anilines is 2. The molecule has 0 bridgehead atoms. The number of amides is 3. The summed E-state index contributed by atoms with van der Waals surface area (Å²) in [5.74, 6) is -0.554. The summed E-state index contributed by atoms with van der Waals surface area (Å²) >= 11 is 0. The summed E-state index contributed by atoms with van der Waals surface area (Å²) in [6.45, 7) is 2.64. The topological polar surface area (TPSA) is 61.4 Å². The third-order valence-electron chi connectivity index (χ3n) is 4.67. The summed E-state index contributed by atoms with van der Waals surface area (Å²) in [4.78, 5) is 26.7. The van der Waals surface area contributed by atoms with Crippen molar-refractivity contribution in [2.75, 3.05) is 17.2 Å². The van der Waals surface area contributed by atoms with Gasteiger partial charge in [0.2, 0.25) is 5.91 Å². The van der Waals surface area contributed by atoms with E-state index in [0.717, 1.165) is 24.9 Å². The number of nitrogens with one attached hydrogen (secondary N) is 2. The lowest BCUT2D eigenvalue weighted by Crippen LogP contribution is -2.45. The van der Waals surface area contributed by atoms with Crippen molar-refractivity contribution in [1.82, 2.24) is 4.90 Å². The van der Waals surface area contributed by atoms with Crippen LogP contribution in [0.1, 0.15) is 31.7 Å². The highest BCUT2D eigenvalue weighted by atomic mass is 19.1. The Morgan fingerprint density at radius 1 is 1.04 bits per heavy atom. The Labute approximate surface area is 158 Å². The number of urea groups is 1. The van der Waals surface area contributed by atoms with Crippen molar-refractivity contribution in [3.05, 3.63) is 59.9 Å². The van der Waals surface area contributed by atoms with E-state index in [1.807, 2.05) is 24.3 Å². The molecule has 1 aliphatic rings. The first-order valence-corrected chi connectivity index (χ1v) is 9.30. The number of benzene rings is 2. The number of rotatable bonds is 5. The molecule has 1 fully saturated rings. The van der Waals surface area contributed by atoms with Gasteiger partial charge in [0.05, 0.1) is 0 Å². The number of aryl methyl sites for hydroxylation is 1. The van der Waals surface area contributed by atoms with Gasteiger partial charge in [-0.05, 0) is 61.2 Å². The van der Waals surface area contributed by atoms with Crippen LogP contribution in [0.5, 0.6) is 0 Å². The molecule has 1 atom stereocenters. The molecule has 2 aromatic rings. The van der Waals surface area contributed by atoms with Crippen molar-refractivity contribution in [2.24, 2.45) is 0 Å². The Morgan fingerprint density at radius 2 is 1.67 bits per heavy atom. The lowest BCUT2D eigenvalue weighted by Gasteiger charge is -2.24. The molecule has 1 aliphatic heterocycles. The van der Waals surface area contributed by atoms with Crippen LogP contribution in [0.2, 0.25) is 0 Å². The molecule has 27 heavy (non-hydrogen) atoms. The summed E-state index contributed by atoms with van der Waals surface area (Å²) < 4.78 is 13.0. The summed E-state index contributed by atoms with van der Waals surface area (Å²) in [5, 5.41) is 5.62. The van der Waals surface area contributed by atoms with Crippen molar-refractivity contribution < 1.29 is 14.0 Å². The first-order valence-electron chi connectivity index (χ1n) is 9.30. The van der Waals surface area contributed by atoms with Gasteiger partial charge in [0.15, 0.2) is 0 Å². The van der Waals surface area contributed by atoms with Gasteiger partial charge < -0.3 is 15.5 Å². The molecule has 0 radical (unpaired) electrons. The molecule has 0 unspecified atom stereocenters. The number of carbonyl (C=O) groups is 2. The quantitative estimate of drug-likeness (QED) is 0.820. The number of halogens is 1. The Bertz CT molecular complexity index is 790. The van der Waals surface area contributed by atoms with Crippen LogP contribution in [0.4, 0.5) is 20.6 Å². The second-order valence-electron chi connectivity index (χ2n) is 6.72. The van der Waals surface area contributed by atoms with E-state index in [0.29, 0.717) is 18.7 Å². The summed E-state index contributed by atoms with van der Waals surface area (Å²) in [6, 6.07) is 12.5. The third kappa shape index (κ3) is 4.84. The van der Waals surface area contributed by atoms with Crippen LogP contribution < -0.4 is 10.6 Å². The second-order valence-corrected chi connectivity index (χ2v) is 6.72. The number of hydrogen-bond donors (Lipinski definition) is 2. The Balaban J connectivity index is 1.61. The zero-order valence-corrected chi connectivity index (χ0v) is 15.4. The minimum Gasteiger partial charge on any atom is -0.324 e. The molecule has 0 spiro atoms. The average molecular weight is 369 g/mol. The van der Waals surface area contributed by atoms with Crippen molar-refractivity contribution in [3.63, 3.8) is 0 Å². The fourth-order valence-corrected chi connectivity index (χ4v) is 3.28. The van der Waals surface area contributed by atoms with Crippen LogP contribution in [0.25, 0.3) is 0 Å². The maximum absolute atomic E-state index is 13.0. The molecule has 2 N–H and O–H groups in total. The molecule has 5 nitrogen and oxygen atoms in total. The average Bonchev–Trinajstić information content (AvgIpc) is 3.15. The zero-order valence-electron chi connectivity index (χ0n) is 15.4. The first kappa shape index (κ1) is 18.9. The highest BCUT2D eigenvalue weighted by Gasteiger charge is 2.34. The van der Waals surface area contributed by atoms with Gasteiger partial charge in [-0.25, -0.2) is 9.18 Å². The lowest BCUT2D eigenvalue weighted by atomic mass is 10.1. The van der Waals surface area contributed by atoms with E-state index in [9.17, 15) is 14.0 Å². The van der Waals surface area contributed by atoms with Crippen molar-refractivity contribution >= 4 is 23.3 Å². The molecule has 0 aromatic heterocycles.